The van der Waals surface area contributed by atoms with Crippen molar-refractivity contribution in [1.29, 1.82) is 0 Å². The maximum atomic E-state index is 12.6. The van der Waals surface area contributed by atoms with Crippen LogP contribution in [0.5, 0.6) is 11.5 Å². The molecule has 0 saturated carbocycles. The van der Waals surface area contributed by atoms with Gasteiger partial charge in [-0.15, -0.1) is 13.2 Å². The van der Waals surface area contributed by atoms with Crippen LogP contribution in [-0.2, 0) is 0 Å². The molecule has 3 aromatic rings. The second-order valence-electron chi connectivity index (χ2n) is 6.02. The van der Waals surface area contributed by atoms with Crippen LogP contribution in [0.4, 0.5) is 24.8 Å². The zero-order chi connectivity index (χ0) is 22.4. The molecule has 0 spiro atoms. The monoisotopic (exact) mass is 428 g/mol. The summed E-state index contributed by atoms with van der Waals surface area (Å²) >= 11 is 0. The number of nitrogens with zero attached hydrogens (tertiary/aromatic N) is 2. The molecule has 3 rings (SSSR count). The van der Waals surface area contributed by atoms with Crippen molar-refractivity contribution in [2.45, 2.75) is 6.36 Å². The summed E-state index contributed by atoms with van der Waals surface area (Å²) < 4.78 is 46.3. The predicted molar refractivity (Wildman–Crippen MR) is 106 cm³/mol. The zero-order valence-electron chi connectivity index (χ0n) is 16.0. The molecule has 0 aliphatic carbocycles. The summed E-state index contributed by atoms with van der Waals surface area (Å²) in [4.78, 5) is 20.3. The number of nitrogens with two attached hydrogens (primary N) is 1. The summed E-state index contributed by atoms with van der Waals surface area (Å²) in [5.41, 5.74) is 6.72. The third-order valence-corrected chi connectivity index (χ3v) is 3.80. The van der Waals surface area contributed by atoms with Crippen LogP contribution in [0.3, 0.4) is 0 Å². The maximum absolute atomic E-state index is 12.6. The third-order valence-electron chi connectivity index (χ3n) is 3.80. The summed E-state index contributed by atoms with van der Waals surface area (Å²) in [7, 11) is 1.46. The minimum Gasteiger partial charge on any atom is -0.495 e. The fourth-order valence-corrected chi connectivity index (χ4v) is 2.46. The molecule has 1 aromatic heterocycles. The van der Waals surface area contributed by atoms with Gasteiger partial charge in [-0.2, -0.15) is 0 Å². The molecule has 3 N–H and O–H groups in total. The normalized spacial score (nSPS) is 10.6. The predicted octanol–water partition coefficient (Wildman–Crippen LogP) is 3.62. The summed E-state index contributed by atoms with van der Waals surface area (Å²) in [6.45, 7) is 0. The van der Waals surface area contributed by atoms with Crippen molar-refractivity contribution in [1.82, 2.24) is 9.97 Å². The van der Waals surface area contributed by atoms with Gasteiger partial charge in [-0.05, 0) is 30.3 Å². The highest BCUT2D eigenvalue weighted by Gasteiger charge is 2.31. The summed E-state index contributed by atoms with van der Waals surface area (Å²) in [5.74, 6) is 5.27. The van der Waals surface area contributed by atoms with Crippen LogP contribution in [0.2, 0.25) is 0 Å². The molecule has 0 aliphatic rings. The second-order valence-corrected chi connectivity index (χ2v) is 6.02. The number of nitrogen functional groups attached to an aromatic ring is 1. The third kappa shape index (κ3) is 6.11. The van der Waals surface area contributed by atoms with Gasteiger partial charge in [0.05, 0.1) is 18.2 Å². The van der Waals surface area contributed by atoms with E-state index in [0.29, 0.717) is 16.9 Å². The first-order valence-electron chi connectivity index (χ1n) is 8.68. The maximum Gasteiger partial charge on any atom is 0.573 e. The molecule has 31 heavy (non-hydrogen) atoms. The molecule has 0 atom stereocenters. The summed E-state index contributed by atoms with van der Waals surface area (Å²) in [6, 6.07) is 9.52. The van der Waals surface area contributed by atoms with E-state index >= 15 is 0 Å². The van der Waals surface area contributed by atoms with Crippen LogP contribution < -0.4 is 20.5 Å². The van der Waals surface area contributed by atoms with Crippen LogP contribution >= 0.6 is 0 Å². The molecule has 1 amide bonds. The lowest BCUT2D eigenvalue weighted by atomic mass is 10.1. The standard InChI is InChI=1S/C21H15F3N4O3/c1-30-18-8-7-15(9-14(18)6-5-13-11-26-20(25)27-12-13)19(29)28-16-3-2-4-17(10-16)31-21(22,23)24/h2-4,7-12H,1H3,(H,28,29)(H2,25,26,27). The number of ether oxygens (including phenoxy) is 2. The SMILES string of the molecule is COc1ccc(C(=O)Nc2cccc(OC(F)(F)F)c2)cc1C#Cc1cnc(N)nc1. The molecule has 0 radical (unpaired) electrons. The number of rotatable bonds is 4. The van der Waals surface area contributed by atoms with Crippen molar-refractivity contribution in [3.8, 4) is 23.3 Å². The van der Waals surface area contributed by atoms with Crippen molar-refractivity contribution in [3.05, 3.63) is 71.5 Å². The van der Waals surface area contributed by atoms with Crippen molar-refractivity contribution in [2.75, 3.05) is 18.2 Å². The lowest BCUT2D eigenvalue weighted by Crippen LogP contribution is -2.17. The number of amides is 1. The van der Waals surface area contributed by atoms with Crippen LogP contribution in [-0.4, -0.2) is 29.3 Å². The Morgan fingerprint density at radius 3 is 2.52 bits per heavy atom. The van der Waals surface area contributed by atoms with Crippen molar-refractivity contribution in [3.63, 3.8) is 0 Å². The molecule has 7 nitrogen and oxygen atoms in total. The molecule has 0 unspecified atom stereocenters. The highest BCUT2D eigenvalue weighted by molar-refractivity contribution is 6.04. The summed E-state index contributed by atoms with van der Waals surface area (Å²) in [5, 5.41) is 2.52. The number of methoxy groups -OCH3 is 1. The van der Waals surface area contributed by atoms with E-state index < -0.39 is 18.0 Å². The minimum atomic E-state index is -4.83. The molecular weight excluding hydrogens is 413 g/mol. The molecule has 0 fully saturated rings. The van der Waals surface area contributed by atoms with E-state index in [1.54, 1.807) is 6.07 Å². The van der Waals surface area contributed by atoms with Crippen LogP contribution in [0.15, 0.2) is 54.9 Å². The van der Waals surface area contributed by atoms with Gasteiger partial charge in [-0.25, -0.2) is 9.97 Å². The molecule has 0 saturated heterocycles. The first-order chi connectivity index (χ1) is 14.7. The van der Waals surface area contributed by atoms with Gasteiger partial charge in [-0.3, -0.25) is 4.79 Å². The van der Waals surface area contributed by atoms with Crippen LogP contribution in [0.1, 0.15) is 21.5 Å². The first-order valence-corrected chi connectivity index (χ1v) is 8.68. The van der Waals surface area contributed by atoms with Gasteiger partial charge in [0, 0.05) is 29.7 Å². The number of hydrogen-bond acceptors (Lipinski definition) is 6. The number of nitrogens with one attached hydrogen (secondary N) is 1. The van der Waals surface area contributed by atoms with Gasteiger partial charge in [0.15, 0.2) is 0 Å². The van der Waals surface area contributed by atoms with Crippen LogP contribution in [0.25, 0.3) is 0 Å². The van der Waals surface area contributed by atoms with Crippen molar-refractivity contribution in [2.24, 2.45) is 0 Å². The van der Waals surface area contributed by atoms with E-state index in [2.05, 4.69) is 31.9 Å². The average Bonchev–Trinajstić information content (AvgIpc) is 2.72. The van der Waals surface area contributed by atoms with Crippen LogP contribution in [0, 0.1) is 11.8 Å². The molecule has 0 aliphatic heterocycles. The smallest absolute Gasteiger partial charge is 0.495 e. The van der Waals surface area contributed by atoms with E-state index in [9.17, 15) is 18.0 Å². The Hall–Kier alpha value is -4.26. The number of hydrogen-bond donors (Lipinski definition) is 2. The largest absolute Gasteiger partial charge is 0.573 e. The van der Waals surface area contributed by atoms with E-state index in [1.807, 2.05) is 0 Å². The molecule has 158 valence electrons. The number of anilines is 2. The number of benzene rings is 2. The van der Waals surface area contributed by atoms with E-state index in [1.165, 1.54) is 43.8 Å². The Morgan fingerprint density at radius 1 is 1.10 bits per heavy atom. The lowest BCUT2D eigenvalue weighted by molar-refractivity contribution is -0.274. The fraction of sp³-hybridized carbons (Fsp3) is 0.0952. The number of aromatic nitrogens is 2. The van der Waals surface area contributed by atoms with Gasteiger partial charge in [0.2, 0.25) is 5.95 Å². The van der Waals surface area contributed by atoms with Crippen molar-refractivity contribution >= 4 is 17.5 Å². The molecule has 10 heteroatoms. The van der Waals surface area contributed by atoms with Gasteiger partial charge in [0.1, 0.15) is 11.5 Å². The van der Waals surface area contributed by atoms with Crippen molar-refractivity contribution < 1.29 is 27.4 Å². The first kappa shape index (κ1) is 21.4. The molecule has 1 heterocycles. The lowest BCUT2D eigenvalue weighted by Gasteiger charge is -2.11. The number of alkyl halides is 3. The summed E-state index contributed by atoms with van der Waals surface area (Å²) in [6.07, 6.45) is -1.93. The molecular formula is C21H15F3N4O3. The van der Waals surface area contributed by atoms with Gasteiger partial charge >= 0.3 is 6.36 Å². The quantitative estimate of drug-likeness (QED) is 0.616. The number of carbonyl (C=O) groups excluding carboxylic acids is 1. The van der Waals surface area contributed by atoms with Gasteiger partial charge < -0.3 is 20.5 Å². The van der Waals surface area contributed by atoms with E-state index in [0.717, 1.165) is 12.1 Å². The van der Waals surface area contributed by atoms with E-state index in [-0.39, 0.29) is 17.2 Å². The second kappa shape index (κ2) is 9.04. The highest BCUT2D eigenvalue weighted by Crippen LogP contribution is 2.26. The Labute approximate surface area is 175 Å². The Balaban J connectivity index is 1.82. The number of carbonyl (C=O) groups is 1. The van der Waals surface area contributed by atoms with E-state index in [4.69, 9.17) is 10.5 Å². The topological polar surface area (TPSA) is 99.4 Å². The average molecular weight is 428 g/mol. The van der Waals surface area contributed by atoms with Gasteiger partial charge in [-0.1, -0.05) is 17.9 Å². The Morgan fingerprint density at radius 2 is 1.84 bits per heavy atom. The zero-order valence-corrected chi connectivity index (χ0v) is 16.0. The highest BCUT2D eigenvalue weighted by atomic mass is 19.4. The fourth-order valence-electron chi connectivity index (χ4n) is 2.46. The minimum absolute atomic E-state index is 0.117. The Kier molecular flexibility index (Phi) is 6.26. The molecule has 2 aromatic carbocycles. The van der Waals surface area contributed by atoms with Gasteiger partial charge in [0.25, 0.3) is 5.91 Å². The Bertz CT molecular complexity index is 1150. The molecule has 0 bridgehead atoms. The number of halogens is 3.